The Bertz CT molecular complexity index is 791. The van der Waals surface area contributed by atoms with Crippen molar-refractivity contribution in [2.75, 3.05) is 6.61 Å². The molecule has 2 aromatic heterocycles. The summed E-state index contributed by atoms with van der Waals surface area (Å²) in [5.74, 6) is 0.482. The molecule has 1 unspecified atom stereocenters. The van der Waals surface area contributed by atoms with Gasteiger partial charge in [-0.2, -0.15) is 5.10 Å². The molecule has 0 spiro atoms. The topological polar surface area (TPSA) is 39.9 Å². The summed E-state index contributed by atoms with van der Waals surface area (Å²) >= 11 is 0. The summed E-state index contributed by atoms with van der Waals surface area (Å²) in [6.07, 6.45) is 10.0. The second-order valence-electron chi connectivity index (χ2n) is 6.48. The molecular weight excluding hydrogens is 329 g/mol. The lowest BCUT2D eigenvalue weighted by Crippen LogP contribution is -2.10. The van der Waals surface area contributed by atoms with E-state index in [1.54, 1.807) is 6.20 Å². The van der Waals surface area contributed by atoms with Crippen molar-refractivity contribution in [2.24, 2.45) is 0 Å². The maximum atomic E-state index is 12.9. The summed E-state index contributed by atoms with van der Waals surface area (Å²) in [5, 5.41) is 4.69. The quantitative estimate of drug-likeness (QED) is 0.650. The molecule has 2 heterocycles. The van der Waals surface area contributed by atoms with Crippen LogP contribution in [0.4, 0.5) is 4.39 Å². The minimum atomic E-state index is -1.01. The van der Waals surface area contributed by atoms with E-state index in [-0.39, 0.29) is 6.61 Å². The monoisotopic (exact) mass is 357 g/mol. The van der Waals surface area contributed by atoms with E-state index in [0.717, 1.165) is 28.8 Å². The fraction of sp³-hybridized carbons (Fsp3) is 0.429. The molecule has 0 aliphatic rings. The summed E-state index contributed by atoms with van der Waals surface area (Å²) in [5.41, 5.74) is 5.26. The molecule has 0 N–H and O–H groups in total. The normalized spacial score (nSPS) is 13.4. The fourth-order valence-electron chi connectivity index (χ4n) is 2.76. The molecule has 2 aromatic rings. The molecule has 4 nitrogen and oxygen atoms in total. The van der Waals surface area contributed by atoms with Gasteiger partial charge >= 0.3 is 0 Å². The average molecular weight is 357 g/mol. The Morgan fingerprint density at radius 1 is 1.42 bits per heavy atom. The van der Waals surface area contributed by atoms with E-state index < -0.39 is 6.17 Å². The largest absolute Gasteiger partial charge is 0.474 e. The highest BCUT2D eigenvalue weighted by Crippen LogP contribution is 2.21. The molecule has 0 aromatic carbocycles. The predicted octanol–water partition coefficient (Wildman–Crippen LogP) is 5.22. The van der Waals surface area contributed by atoms with E-state index in [1.165, 1.54) is 12.5 Å². The van der Waals surface area contributed by atoms with Gasteiger partial charge in [0.25, 0.3) is 0 Å². The Labute approximate surface area is 155 Å². The van der Waals surface area contributed by atoms with Crippen LogP contribution in [0.2, 0.25) is 0 Å². The number of ether oxygens (including phenoxy) is 1. The molecule has 0 amide bonds. The van der Waals surface area contributed by atoms with E-state index in [0.29, 0.717) is 12.4 Å². The van der Waals surface area contributed by atoms with Crippen molar-refractivity contribution < 1.29 is 9.13 Å². The number of hydrogen-bond donors (Lipinski definition) is 0. The van der Waals surface area contributed by atoms with Crippen molar-refractivity contribution in [1.29, 1.82) is 0 Å². The van der Waals surface area contributed by atoms with Crippen LogP contribution < -0.4 is 4.74 Å². The van der Waals surface area contributed by atoms with Crippen molar-refractivity contribution >= 4 is 11.6 Å². The van der Waals surface area contributed by atoms with Crippen molar-refractivity contribution in [2.45, 2.75) is 53.8 Å². The molecule has 0 aliphatic carbocycles. The third-order valence-electron chi connectivity index (χ3n) is 3.93. The van der Waals surface area contributed by atoms with Crippen LogP contribution in [0, 0.1) is 6.92 Å². The van der Waals surface area contributed by atoms with Crippen molar-refractivity contribution in [3.8, 4) is 5.88 Å². The fourth-order valence-corrected chi connectivity index (χ4v) is 2.76. The summed E-state index contributed by atoms with van der Waals surface area (Å²) in [7, 11) is 0. The van der Waals surface area contributed by atoms with Crippen LogP contribution in [0.1, 0.15) is 56.5 Å². The first-order chi connectivity index (χ1) is 12.4. The van der Waals surface area contributed by atoms with Gasteiger partial charge in [-0.3, -0.25) is 4.68 Å². The van der Waals surface area contributed by atoms with Gasteiger partial charge in [-0.1, -0.05) is 19.1 Å². The molecule has 0 saturated heterocycles. The third-order valence-corrected chi connectivity index (χ3v) is 3.93. The Hall–Kier alpha value is -2.43. The van der Waals surface area contributed by atoms with E-state index in [9.17, 15) is 4.39 Å². The lowest BCUT2D eigenvalue weighted by Gasteiger charge is -2.10. The Morgan fingerprint density at radius 2 is 2.19 bits per heavy atom. The molecule has 26 heavy (non-hydrogen) atoms. The number of pyridine rings is 1. The van der Waals surface area contributed by atoms with Gasteiger partial charge in [0, 0.05) is 23.5 Å². The zero-order valence-corrected chi connectivity index (χ0v) is 16.3. The number of halogens is 1. The number of nitrogens with zero attached hydrogens (tertiary/aromatic N) is 3. The first-order valence-corrected chi connectivity index (χ1v) is 9.04. The Balaban J connectivity index is 2.21. The summed E-state index contributed by atoms with van der Waals surface area (Å²) < 4.78 is 20.3. The van der Waals surface area contributed by atoms with Crippen molar-refractivity contribution in [3.05, 3.63) is 53.0 Å². The van der Waals surface area contributed by atoms with Gasteiger partial charge in [0.1, 0.15) is 12.8 Å². The predicted molar refractivity (Wildman–Crippen MR) is 105 cm³/mol. The van der Waals surface area contributed by atoms with Gasteiger partial charge in [0.2, 0.25) is 5.88 Å². The number of aryl methyl sites for hydroxylation is 1. The third kappa shape index (κ3) is 5.28. The van der Waals surface area contributed by atoms with Crippen LogP contribution in [0.5, 0.6) is 5.88 Å². The summed E-state index contributed by atoms with van der Waals surface area (Å²) in [6, 6.07) is 2.01. The number of allylic oxidation sites excluding steroid dienone is 3. The maximum Gasteiger partial charge on any atom is 0.216 e. The highest BCUT2D eigenvalue weighted by molar-refractivity contribution is 5.70. The number of alkyl halides is 1. The zero-order chi connectivity index (χ0) is 19.1. The summed E-state index contributed by atoms with van der Waals surface area (Å²) in [4.78, 5) is 4.32. The first-order valence-electron chi connectivity index (χ1n) is 9.04. The van der Waals surface area contributed by atoms with Crippen LogP contribution in [0.25, 0.3) is 11.6 Å². The molecule has 1 atom stereocenters. The first kappa shape index (κ1) is 19.9. The number of hydrogen-bond acceptors (Lipinski definition) is 3. The van der Waals surface area contributed by atoms with Gasteiger partial charge < -0.3 is 4.74 Å². The maximum absolute atomic E-state index is 12.9. The molecule has 140 valence electrons. The Kier molecular flexibility index (Phi) is 7.13. The standard InChI is InChI=1S/C21H28FN3O/c1-6-8-15(3)19-13-25(24-20(19)9-7-2)12-18-10-16(4)21(23-11-18)26-14-17(5)22/h7-11,13,17H,6,12,14H2,1-5H3/b9-7-,15-8+. The van der Waals surface area contributed by atoms with Gasteiger partial charge in [0.15, 0.2) is 0 Å². The van der Waals surface area contributed by atoms with Crippen LogP contribution in [0.15, 0.2) is 30.6 Å². The van der Waals surface area contributed by atoms with Crippen molar-refractivity contribution in [3.63, 3.8) is 0 Å². The second-order valence-corrected chi connectivity index (χ2v) is 6.48. The molecule has 0 aliphatic heterocycles. The molecule has 0 fully saturated rings. The highest BCUT2D eigenvalue weighted by atomic mass is 19.1. The number of aromatic nitrogens is 3. The van der Waals surface area contributed by atoms with Gasteiger partial charge in [-0.25, -0.2) is 9.37 Å². The molecule has 0 saturated carbocycles. The van der Waals surface area contributed by atoms with Gasteiger partial charge in [0.05, 0.1) is 12.2 Å². The SMILES string of the molecule is C/C=C\c1nn(Cc2cnc(OCC(C)F)c(C)c2)cc1/C(C)=C/CC. The lowest BCUT2D eigenvalue weighted by atomic mass is 10.1. The zero-order valence-electron chi connectivity index (χ0n) is 16.3. The van der Waals surface area contributed by atoms with Gasteiger partial charge in [-0.05, 0) is 57.4 Å². The van der Waals surface area contributed by atoms with E-state index in [1.807, 2.05) is 36.7 Å². The number of rotatable bonds is 8. The molecule has 5 heteroatoms. The van der Waals surface area contributed by atoms with Crippen LogP contribution in [-0.4, -0.2) is 27.5 Å². The average Bonchev–Trinajstić information content (AvgIpc) is 2.97. The van der Waals surface area contributed by atoms with Crippen molar-refractivity contribution in [1.82, 2.24) is 14.8 Å². The minimum Gasteiger partial charge on any atom is -0.474 e. The Morgan fingerprint density at radius 3 is 2.81 bits per heavy atom. The van der Waals surface area contributed by atoms with Gasteiger partial charge in [-0.15, -0.1) is 0 Å². The lowest BCUT2D eigenvalue weighted by molar-refractivity contribution is 0.203. The van der Waals surface area contributed by atoms with E-state index >= 15 is 0 Å². The second kappa shape index (κ2) is 9.32. The highest BCUT2D eigenvalue weighted by Gasteiger charge is 2.10. The molecule has 0 bridgehead atoms. The van der Waals surface area contributed by atoms with Crippen LogP contribution in [-0.2, 0) is 6.54 Å². The van der Waals surface area contributed by atoms with E-state index in [2.05, 4.69) is 31.1 Å². The van der Waals surface area contributed by atoms with E-state index in [4.69, 9.17) is 9.84 Å². The summed E-state index contributed by atoms with van der Waals surface area (Å²) in [6.45, 7) is 10.3. The smallest absolute Gasteiger partial charge is 0.216 e. The molecule has 0 radical (unpaired) electrons. The molecule has 2 rings (SSSR count). The van der Waals surface area contributed by atoms with Crippen LogP contribution >= 0.6 is 0 Å². The van der Waals surface area contributed by atoms with Crippen LogP contribution in [0.3, 0.4) is 0 Å². The molecular formula is C21H28FN3O. The minimum absolute atomic E-state index is 0.0193.